The van der Waals surface area contributed by atoms with Gasteiger partial charge in [0.25, 0.3) is 5.91 Å². The predicted octanol–water partition coefficient (Wildman–Crippen LogP) is 7.87. The molecular formula is C29H26Cl2F3N3O3. The lowest BCUT2D eigenvalue weighted by molar-refractivity contribution is -0.138. The zero-order valence-electron chi connectivity index (χ0n) is 21.6. The monoisotopic (exact) mass is 591 g/mol. The summed E-state index contributed by atoms with van der Waals surface area (Å²) in [5, 5.41) is 17.0. The standard InChI is InChI=1S/C29H26Cl2F3N3O3/c1-16(2)13-25(17-3-5-18(6-4-17)28(40)35-12-11-26(38)39)37-15-22-24(36-37)10-9-21(27(22)31)20-8-7-19(14-23(20)30)29(32,33)34/h3-10,14-16,25H,11-13H2,1-2H3,(H,35,40)(H,38,39). The summed E-state index contributed by atoms with van der Waals surface area (Å²) in [4.78, 5) is 23.0. The number of nitrogens with one attached hydrogen (secondary N) is 1. The summed E-state index contributed by atoms with van der Waals surface area (Å²) in [6.45, 7) is 4.20. The molecule has 3 aromatic carbocycles. The van der Waals surface area contributed by atoms with Crippen LogP contribution in [-0.2, 0) is 11.0 Å². The summed E-state index contributed by atoms with van der Waals surface area (Å²) in [6, 6.07) is 13.4. The van der Waals surface area contributed by atoms with Gasteiger partial charge in [0.1, 0.15) is 0 Å². The molecule has 0 spiro atoms. The van der Waals surface area contributed by atoms with Gasteiger partial charge in [-0.15, -0.1) is 0 Å². The first-order chi connectivity index (χ1) is 18.8. The number of fused-ring (bicyclic) bond motifs is 1. The first kappa shape index (κ1) is 29.4. The number of nitrogens with zero attached hydrogens (tertiary/aromatic N) is 2. The molecule has 6 nitrogen and oxygen atoms in total. The van der Waals surface area contributed by atoms with E-state index in [1.165, 1.54) is 6.07 Å². The summed E-state index contributed by atoms with van der Waals surface area (Å²) in [5.41, 5.74) is 1.96. The molecule has 210 valence electrons. The molecule has 4 aromatic rings. The van der Waals surface area contributed by atoms with Crippen molar-refractivity contribution in [1.82, 2.24) is 15.1 Å². The van der Waals surface area contributed by atoms with Gasteiger partial charge in [-0.25, -0.2) is 0 Å². The van der Waals surface area contributed by atoms with Crippen molar-refractivity contribution in [3.63, 3.8) is 0 Å². The maximum absolute atomic E-state index is 13.1. The number of carboxylic acid groups (broad SMARTS) is 1. The summed E-state index contributed by atoms with van der Waals surface area (Å²) >= 11 is 13.0. The van der Waals surface area contributed by atoms with Crippen LogP contribution in [0.4, 0.5) is 13.2 Å². The molecule has 1 amide bonds. The molecule has 0 saturated carbocycles. The maximum atomic E-state index is 13.1. The van der Waals surface area contributed by atoms with E-state index in [4.69, 9.17) is 33.4 Å². The topological polar surface area (TPSA) is 84.2 Å². The number of carbonyl (C=O) groups is 2. The van der Waals surface area contributed by atoms with Crippen LogP contribution in [0.25, 0.3) is 22.0 Å². The molecular weight excluding hydrogens is 566 g/mol. The Morgan fingerprint density at radius 2 is 1.70 bits per heavy atom. The molecule has 1 heterocycles. The number of carboxylic acids is 1. The number of carbonyl (C=O) groups excluding carboxylic acids is 1. The highest BCUT2D eigenvalue weighted by Crippen LogP contribution is 2.40. The van der Waals surface area contributed by atoms with E-state index in [1.54, 1.807) is 35.1 Å². The Kier molecular flexibility index (Phi) is 8.75. The number of alkyl halides is 3. The largest absolute Gasteiger partial charge is 0.481 e. The number of aliphatic carboxylic acids is 1. The zero-order chi connectivity index (χ0) is 29.2. The molecule has 2 N–H and O–H groups in total. The molecule has 0 saturated heterocycles. The van der Waals surface area contributed by atoms with E-state index in [0.717, 1.165) is 24.1 Å². The summed E-state index contributed by atoms with van der Waals surface area (Å²) < 4.78 is 41.1. The Labute approximate surface area is 238 Å². The number of halogens is 5. The summed E-state index contributed by atoms with van der Waals surface area (Å²) in [5.74, 6) is -1.05. The molecule has 0 radical (unpaired) electrons. The van der Waals surface area contributed by atoms with Crippen molar-refractivity contribution < 1.29 is 27.9 Å². The number of rotatable bonds is 9. The second-order valence-corrected chi connectivity index (χ2v) is 10.6. The lowest BCUT2D eigenvalue weighted by Gasteiger charge is -2.20. The first-order valence-electron chi connectivity index (χ1n) is 12.5. The van der Waals surface area contributed by atoms with Crippen LogP contribution < -0.4 is 5.32 Å². The minimum absolute atomic E-state index is 0.0339. The van der Waals surface area contributed by atoms with Crippen LogP contribution in [0.1, 0.15) is 54.2 Å². The Bertz CT molecular complexity index is 1550. The van der Waals surface area contributed by atoms with Crippen LogP contribution in [0.3, 0.4) is 0 Å². The molecule has 0 aliphatic rings. The Balaban J connectivity index is 1.66. The molecule has 0 bridgehead atoms. The third-order valence-electron chi connectivity index (χ3n) is 6.42. The highest BCUT2D eigenvalue weighted by Gasteiger charge is 2.31. The van der Waals surface area contributed by atoms with Gasteiger partial charge in [0.05, 0.1) is 28.6 Å². The van der Waals surface area contributed by atoms with Gasteiger partial charge < -0.3 is 10.4 Å². The van der Waals surface area contributed by atoms with Gasteiger partial charge in [0.15, 0.2) is 0 Å². The van der Waals surface area contributed by atoms with Crippen molar-refractivity contribution in [2.75, 3.05) is 6.54 Å². The molecule has 4 rings (SSSR count). The summed E-state index contributed by atoms with van der Waals surface area (Å²) in [6.07, 6.45) is -2.14. The van der Waals surface area contributed by atoms with Crippen LogP contribution in [0, 0.1) is 5.92 Å². The van der Waals surface area contributed by atoms with Crippen molar-refractivity contribution >= 4 is 46.0 Å². The molecule has 0 aliphatic heterocycles. The van der Waals surface area contributed by atoms with Crippen LogP contribution >= 0.6 is 23.2 Å². The highest BCUT2D eigenvalue weighted by molar-refractivity contribution is 6.39. The van der Waals surface area contributed by atoms with Crippen molar-refractivity contribution in [2.45, 2.75) is 38.9 Å². The fourth-order valence-electron chi connectivity index (χ4n) is 4.44. The molecule has 1 atom stereocenters. The van der Waals surface area contributed by atoms with Crippen molar-refractivity contribution in [1.29, 1.82) is 0 Å². The highest BCUT2D eigenvalue weighted by atomic mass is 35.5. The lowest BCUT2D eigenvalue weighted by atomic mass is 9.96. The number of hydrogen-bond acceptors (Lipinski definition) is 3. The van der Waals surface area contributed by atoms with Gasteiger partial charge in [0, 0.05) is 39.8 Å². The van der Waals surface area contributed by atoms with E-state index in [1.807, 2.05) is 12.1 Å². The molecule has 40 heavy (non-hydrogen) atoms. The third kappa shape index (κ3) is 6.59. The minimum Gasteiger partial charge on any atom is -0.481 e. The average Bonchev–Trinajstić information content (AvgIpc) is 3.32. The smallest absolute Gasteiger partial charge is 0.416 e. The van der Waals surface area contributed by atoms with Crippen LogP contribution in [0.5, 0.6) is 0 Å². The van der Waals surface area contributed by atoms with Gasteiger partial charge in [-0.3, -0.25) is 14.3 Å². The quantitative estimate of drug-likeness (QED) is 0.207. The van der Waals surface area contributed by atoms with Gasteiger partial charge >= 0.3 is 12.1 Å². The molecule has 11 heteroatoms. The van der Waals surface area contributed by atoms with Crippen molar-refractivity contribution in [3.05, 3.63) is 87.5 Å². The molecule has 1 aromatic heterocycles. The zero-order valence-corrected chi connectivity index (χ0v) is 23.1. The predicted molar refractivity (Wildman–Crippen MR) is 149 cm³/mol. The fourth-order valence-corrected chi connectivity index (χ4v) is 5.03. The van der Waals surface area contributed by atoms with E-state index < -0.39 is 17.7 Å². The van der Waals surface area contributed by atoms with Crippen LogP contribution in [-0.4, -0.2) is 33.3 Å². The number of benzene rings is 3. The number of hydrogen-bond donors (Lipinski definition) is 2. The third-order valence-corrected chi connectivity index (χ3v) is 7.14. The van der Waals surface area contributed by atoms with Gasteiger partial charge in [-0.05, 0) is 48.2 Å². The average molecular weight is 592 g/mol. The summed E-state index contributed by atoms with van der Waals surface area (Å²) in [7, 11) is 0. The molecule has 1 unspecified atom stereocenters. The first-order valence-corrected chi connectivity index (χ1v) is 13.2. The number of aromatic nitrogens is 2. The van der Waals surface area contributed by atoms with Gasteiger partial charge in [0.2, 0.25) is 0 Å². The van der Waals surface area contributed by atoms with E-state index in [9.17, 15) is 22.8 Å². The Hall–Kier alpha value is -3.56. The second-order valence-electron chi connectivity index (χ2n) is 9.83. The Morgan fingerprint density at radius 3 is 2.30 bits per heavy atom. The van der Waals surface area contributed by atoms with E-state index in [0.29, 0.717) is 38.5 Å². The van der Waals surface area contributed by atoms with E-state index >= 15 is 0 Å². The van der Waals surface area contributed by atoms with Crippen LogP contribution in [0.15, 0.2) is 60.8 Å². The fraction of sp³-hybridized carbons (Fsp3) is 0.276. The van der Waals surface area contributed by atoms with Gasteiger partial charge in [-0.1, -0.05) is 61.3 Å². The number of amides is 1. The van der Waals surface area contributed by atoms with Crippen LogP contribution in [0.2, 0.25) is 10.0 Å². The SMILES string of the molecule is CC(C)CC(c1ccc(C(=O)NCCC(=O)O)cc1)n1cc2c(Cl)c(-c3ccc(C(F)(F)F)cc3Cl)ccc2n1. The lowest BCUT2D eigenvalue weighted by Crippen LogP contribution is -2.26. The molecule has 0 aliphatic carbocycles. The Morgan fingerprint density at radius 1 is 1.02 bits per heavy atom. The second kappa shape index (κ2) is 11.9. The minimum atomic E-state index is -4.51. The van der Waals surface area contributed by atoms with E-state index in [-0.39, 0.29) is 29.9 Å². The van der Waals surface area contributed by atoms with Gasteiger partial charge in [-0.2, -0.15) is 18.3 Å². The van der Waals surface area contributed by atoms with Crippen molar-refractivity contribution in [2.24, 2.45) is 5.92 Å². The van der Waals surface area contributed by atoms with E-state index in [2.05, 4.69) is 19.2 Å². The van der Waals surface area contributed by atoms with Crippen molar-refractivity contribution in [3.8, 4) is 11.1 Å². The normalized spacial score (nSPS) is 12.6. The molecule has 0 fully saturated rings. The maximum Gasteiger partial charge on any atom is 0.416 e.